The number of anilines is 1. The van der Waals surface area contributed by atoms with Crippen LogP contribution in [0.1, 0.15) is 24.8 Å². The highest BCUT2D eigenvalue weighted by Gasteiger charge is 2.28. The van der Waals surface area contributed by atoms with Gasteiger partial charge >= 0.3 is 0 Å². The maximum Gasteiger partial charge on any atom is 0.292 e. The summed E-state index contributed by atoms with van der Waals surface area (Å²) in [6.07, 6.45) is 2.99. The third kappa shape index (κ3) is 2.46. The summed E-state index contributed by atoms with van der Waals surface area (Å²) in [7, 11) is 0. The molecule has 5 heteroatoms. The molecule has 2 rings (SSSR count). The van der Waals surface area contributed by atoms with Crippen LogP contribution in [0.15, 0.2) is 18.2 Å². The van der Waals surface area contributed by atoms with Crippen LogP contribution in [0.2, 0.25) is 0 Å². The van der Waals surface area contributed by atoms with Crippen LogP contribution >= 0.6 is 0 Å². The molecule has 1 aliphatic carbocycles. The summed E-state index contributed by atoms with van der Waals surface area (Å²) in [5.74, 6) is 0.198. The quantitative estimate of drug-likeness (QED) is 0.636. The number of rotatable bonds is 4. The third-order valence-electron chi connectivity index (χ3n) is 3.67. The van der Waals surface area contributed by atoms with E-state index in [2.05, 4.69) is 5.32 Å². The summed E-state index contributed by atoms with van der Waals surface area (Å²) in [6, 6.07) is 5.20. The minimum atomic E-state index is -0.363. The van der Waals surface area contributed by atoms with Crippen molar-refractivity contribution < 1.29 is 10.0 Å². The molecule has 0 saturated heterocycles. The van der Waals surface area contributed by atoms with Gasteiger partial charge in [-0.2, -0.15) is 0 Å². The highest BCUT2D eigenvalue weighted by atomic mass is 16.6. The molecular weight excluding hydrogens is 232 g/mol. The molecule has 0 bridgehead atoms. The van der Waals surface area contributed by atoms with Gasteiger partial charge in [-0.1, -0.05) is 18.6 Å². The van der Waals surface area contributed by atoms with Crippen LogP contribution in [0.25, 0.3) is 0 Å². The first-order valence-corrected chi connectivity index (χ1v) is 6.25. The number of nitrogens with one attached hydrogen (secondary N) is 1. The van der Waals surface area contributed by atoms with Gasteiger partial charge in [0.1, 0.15) is 5.69 Å². The van der Waals surface area contributed by atoms with Crippen LogP contribution < -0.4 is 5.32 Å². The smallest absolute Gasteiger partial charge is 0.292 e. The first kappa shape index (κ1) is 12.8. The van der Waals surface area contributed by atoms with E-state index in [1.54, 1.807) is 6.07 Å². The molecule has 2 N–H and O–H groups in total. The van der Waals surface area contributed by atoms with E-state index in [0.717, 1.165) is 24.8 Å². The summed E-state index contributed by atoms with van der Waals surface area (Å²) in [4.78, 5) is 10.7. The molecule has 0 spiro atoms. The fraction of sp³-hybridized carbons (Fsp3) is 0.538. The maximum atomic E-state index is 11.0. The first-order valence-electron chi connectivity index (χ1n) is 6.25. The SMILES string of the molecule is Cc1cccc([N+](=O)[O-])c1NC1CCCC1CO. The molecule has 0 aliphatic heterocycles. The zero-order valence-electron chi connectivity index (χ0n) is 10.4. The van der Waals surface area contributed by atoms with E-state index in [1.807, 2.05) is 13.0 Å². The van der Waals surface area contributed by atoms with Gasteiger partial charge in [-0.15, -0.1) is 0 Å². The number of hydrogen-bond acceptors (Lipinski definition) is 4. The van der Waals surface area contributed by atoms with Crippen molar-refractivity contribution in [3.8, 4) is 0 Å². The topological polar surface area (TPSA) is 75.4 Å². The standard InChI is InChI=1S/C13H18N2O3/c1-9-4-2-7-12(15(17)18)13(9)14-11-6-3-5-10(11)8-16/h2,4,7,10-11,14,16H,3,5-6,8H2,1H3. The van der Waals surface area contributed by atoms with E-state index in [9.17, 15) is 15.2 Å². The second-order valence-corrected chi connectivity index (χ2v) is 4.85. The lowest BCUT2D eigenvalue weighted by molar-refractivity contribution is -0.384. The van der Waals surface area contributed by atoms with Crippen LogP contribution in [-0.2, 0) is 0 Å². The average molecular weight is 250 g/mol. The second-order valence-electron chi connectivity index (χ2n) is 4.85. The van der Waals surface area contributed by atoms with Gasteiger partial charge in [0.15, 0.2) is 0 Å². The van der Waals surface area contributed by atoms with E-state index in [4.69, 9.17) is 0 Å². The van der Waals surface area contributed by atoms with Crippen LogP contribution in [0.5, 0.6) is 0 Å². The van der Waals surface area contributed by atoms with E-state index in [0.29, 0.717) is 5.69 Å². The fourth-order valence-electron chi connectivity index (χ4n) is 2.62. The number of nitrogens with zero attached hydrogens (tertiary/aromatic N) is 1. The molecule has 1 aliphatic rings. The Morgan fingerprint density at radius 2 is 2.28 bits per heavy atom. The molecule has 18 heavy (non-hydrogen) atoms. The summed E-state index contributed by atoms with van der Waals surface area (Å²) in [5, 5.41) is 23.6. The first-order chi connectivity index (χ1) is 8.63. The Hall–Kier alpha value is -1.62. The van der Waals surface area contributed by atoms with Gasteiger partial charge in [0, 0.05) is 24.6 Å². The summed E-state index contributed by atoms with van der Waals surface area (Å²) in [5.41, 5.74) is 1.57. The van der Waals surface area contributed by atoms with Crippen molar-refractivity contribution in [1.82, 2.24) is 0 Å². The molecule has 1 aromatic rings. The molecule has 1 saturated carbocycles. The lowest BCUT2D eigenvalue weighted by Crippen LogP contribution is -2.27. The number of benzene rings is 1. The van der Waals surface area contributed by atoms with Crippen molar-refractivity contribution in [3.63, 3.8) is 0 Å². The predicted octanol–water partition coefficient (Wildman–Crippen LogP) is 2.48. The van der Waals surface area contributed by atoms with Crippen LogP contribution in [0, 0.1) is 23.0 Å². The summed E-state index contributed by atoms with van der Waals surface area (Å²) < 4.78 is 0. The number of aliphatic hydroxyl groups is 1. The minimum absolute atomic E-state index is 0.110. The Labute approximate surface area is 106 Å². The Morgan fingerprint density at radius 3 is 2.94 bits per heavy atom. The molecule has 98 valence electrons. The van der Waals surface area contributed by atoms with Crippen molar-refractivity contribution in [2.45, 2.75) is 32.2 Å². The monoisotopic (exact) mass is 250 g/mol. The van der Waals surface area contributed by atoms with Gasteiger partial charge in [-0.05, 0) is 25.3 Å². The van der Waals surface area contributed by atoms with Crippen LogP contribution in [0.3, 0.4) is 0 Å². The zero-order chi connectivity index (χ0) is 13.1. The molecule has 1 aromatic carbocycles. The van der Waals surface area contributed by atoms with Gasteiger partial charge in [-0.3, -0.25) is 10.1 Å². The molecule has 2 atom stereocenters. The van der Waals surface area contributed by atoms with Gasteiger partial charge in [0.05, 0.1) is 4.92 Å². The van der Waals surface area contributed by atoms with Gasteiger partial charge in [0.25, 0.3) is 5.69 Å². The molecule has 0 heterocycles. The highest BCUT2D eigenvalue weighted by Crippen LogP contribution is 2.33. The molecule has 1 fully saturated rings. The molecule has 0 amide bonds. The normalized spacial score (nSPS) is 23.0. The molecule has 0 aromatic heterocycles. The van der Waals surface area contributed by atoms with E-state index < -0.39 is 0 Å². The Balaban J connectivity index is 2.25. The average Bonchev–Trinajstić information content (AvgIpc) is 2.78. The molecule has 2 unspecified atom stereocenters. The number of hydrogen-bond donors (Lipinski definition) is 2. The highest BCUT2D eigenvalue weighted by molar-refractivity contribution is 5.66. The van der Waals surface area contributed by atoms with E-state index in [-0.39, 0.29) is 29.2 Å². The second kappa shape index (κ2) is 5.35. The zero-order valence-corrected chi connectivity index (χ0v) is 10.4. The Bertz CT molecular complexity index is 448. The fourth-order valence-corrected chi connectivity index (χ4v) is 2.62. The van der Waals surface area contributed by atoms with Crippen molar-refractivity contribution in [3.05, 3.63) is 33.9 Å². The third-order valence-corrected chi connectivity index (χ3v) is 3.67. The van der Waals surface area contributed by atoms with E-state index in [1.165, 1.54) is 6.07 Å². The number of aliphatic hydroxyl groups excluding tert-OH is 1. The van der Waals surface area contributed by atoms with Gasteiger partial charge in [-0.25, -0.2) is 0 Å². The van der Waals surface area contributed by atoms with Gasteiger partial charge in [0.2, 0.25) is 0 Å². The minimum Gasteiger partial charge on any atom is -0.396 e. The van der Waals surface area contributed by atoms with Crippen molar-refractivity contribution >= 4 is 11.4 Å². The van der Waals surface area contributed by atoms with E-state index >= 15 is 0 Å². The number of aryl methyl sites for hydroxylation is 1. The Kier molecular flexibility index (Phi) is 3.81. The van der Waals surface area contributed by atoms with Crippen LogP contribution in [0.4, 0.5) is 11.4 Å². The molecule has 5 nitrogen and oxygen atoms in total. The number of nitro benzene ring substituents is 1. The van der Waals surface area contributed by atoms with Gasteiger partial charge < -0.3 is 10.4 Å². The predicted molar refractivity (Wildman–Crippen MR) is 69.7 cm³/mol. The molecule has 0 radical (unpaired) electrons. The van der Waals surface area contributed by atoms with Crippen molar-refractivity contribution in [1.29, 1.82) is 0 Å². The Morgan fingerprint density at radius 1 is 1.50 bits per heavy atom. The lowest BCUT2D eigenvalue weighted by Gasteiger charge is -2.21. The largest absolute Gasteiger partial charge is 0.396 e. The summed E-state index contributed by atoms with van der Waals surface area (Å²) >= 11 is 0. The number of nitro groups is 1. The maximum absolute atomic E-state index is 11.0. The number of para-hydroxylation sites is 1. The van der Waals surface area contributed by atoms with Crippen molar-refractivity contribution in [2.75, 3.05) is 11.9 Å². The van der Waals surface area contributed by atoms with Crippen LogP contribution in [-0.4, -0.2) is 22.7 Å². The molecular formula is C13H18N2O3. The van der Waals surface area contributed by atoms with Crippen molar-refractivity contribution in [2.24, 2.45) is 5.92 Å². The lowest BCUT2D eigenvalue weighted by atomic mass is 10.0. The summed E-state index contributed by atoms with van der Waals surface area (Å²) in [6.45, 7) is 2.00.